The van der Waals surface area contributed by atoms with E-state index < -0.39 is 11.8 Å². The van der Waals surface area contributed by atoms with Crippen molar-refractivity contribution in [3.05, 3.63) is 57.3 Å². The summed E-state index contributed by atoms with van der Waals surface area (Å²) in [5.41, 5.74) is 5.19. The van der Waals surface area contributed by atoms with Crippen LogP contribution in [0.2, 0.25) is 0 Å². The summed E-state index contributed by atoms with van der Waals surface area (Å²) in [6.07, 6.45) is 0. The number of benzene rings is 2. The fourth-order valence-electron chi connectivity index (χ4n) is 2.32. The van der Waals surface area contributed by atoms with Crippen LogP contribution in [0.15, 0.2) is 47.0 Å². The van der Waals surface area contributed by atoms with Crippen LogP contribution < -0.4 is 20.3 Å². The van der Waals surface area contributed by atoms with Crippen LogP contribution in [0.5, 0.6) is 11.5 Å². The van der Waals surface area contributed by atoms with Gasteiger partial charge in [-0.25, -0.2) is 10.9 Å². The fourth-order valence-corrected chi connectivity index (χ4v) is 2.32. The van der Waals surface area contributed by atoms with Gasteiger partial charge in [0.05, 0.1) is 35.9 Å². The van der Waals surface area contributed by atoms with E-state index in [-0.39, 0.29) is 125 Å². The zero-order valence-electron chi connectivity index (χ0n) is 15.8. The molecule has 10 nitrogen and oxygen atoms in total. The maximum absolute atomic E-state index is 11.8. The van der Waals surface area contributed by atoms with Gasteiger partial charge in [0.25, 0.3) is 11.8 Å². The van der Waals surface area contributed by atoms with Crippen LogP contribution >= 0.6 is 0 Å². The molecule has 2 amide bonds. The maximum Gasteiger partial charge on any atom is 0.277 e. The molecule has 2 aromatic rings. The third-order valence-electron chi connectivity index (χ3n) is 3.52. The van der Waals surface area contributed by atoms with Gasteiger partial charge < -0.3 is 9.47 Å². The molecule has 28 heavy (non-hydrogen) atoms. The van der Waals surface area contributed by atoms with E-state index >= 15 is 0 Å². The van der Waals surface area contributed by atoms with Gasteiger partial charge in [-0.15, -0.1) is 9.81 Å². The molecule has 2 radical (unpaired) electrons. The van der Waals surface area contributed by atoms with E-state index in [2.05, 4.69) is 10.6 Å². The minimum atomic E-state index is -0.700. The Morgan fingerprint density at radius 3 is 1.39 bits per heavy atom. The number of ether oxygens (including phenoxy) is 2. The average molecular weight is 437 g/mol. The standard InChI is InChI=1S/C16H14N4O6.2K/c1-25-13-7-9(3-5-11(13)15(21)17-19-23)10-4-6-12(14(8-10)26-2)16(22)18-20-24;;/h3-8H,1-2H3,(H,17,21,23)(H,18,22,24);;. The zero-order valence-corrected chi connectivity index (χ0v) is 22.1. The number of carbonyl (C=O) groups is 2. The van der Waals surface area contributed by atoms with Crippen molar-refractivity contribution in [2.75, 3.05) is 14.2 Å². The van der Waals surface area contributed by atoms with Crippen LogP contribution in [0, 0.1) is 9.81 Å². The van der Waals surface area contributed by atoms with Crippen LogP contribution in [0.25, 0.3) is 11.1 Å². The quantitative estimate of drug-likeness (QED) is 0.383. The number of rotatable bonds is 7. The summed E-state index contributed by atoms with van der Waals surface area (Å²) >= 11 is 0. The van der Waals surface area contributed by atoms with Crippen molar-refractivity contribution in [3.8, 4) is 22.6 Å². The van der Waals surface area contributed by atoms with Gasteiger partial charge in [0.1, 0.15) is 11.5 Å². The van der Waals surface area contributed by atoms with E-state index in [0.717, 1.165) is 0 Å². The molecule has 0 bridgehead atoms. The number of carbonyl (C=O) groups excluding carboxylic acids is 2. The second-order valence-corrected chi connectivity index (χ2v) is 4.89. The summed E-state index contributed by atoms with van der Waals surface area (Å²) in [6, 6.07) is 9.37. The minimum Gasteiger partial charge on any atom is -0.496 e. The minimum absolute atomic E-state index is 0. The van der Waals surface area contributed by atoms with Gasteiger partial charge in [0, 0.05) is 103 Å². The summed E-state index contributed by atoms with van der Waals surface area (Å²) in [5, 5.41) is 4.69. The first kappa shape index (κ1) is 27.5. The molecule has 0 aliphatic rings. The summed E-state index contributed by atoms with van der Waals surface area (Å²) in [4.78, 5) is 43.9. The van der Waals surface area contributed by atoms with E-state index in [4.69, 9.17) is 9.47 Å². The molecule has 2 N–H and O–H groups in total. The van der Waals surface area contributed by atoms with Crippen LogP contribution in [0.1, 0.15) is 20.7 Å². The normalized spacial score (nSPS) is 9.07. The summed E-state index contributed by atoms with van der Waals surface area (Å²) < 4.78 is 10.4. The molecular weight excluding hydrogens is 422 g/mol. The second kappa shape index (κ2) is 13.6. The summed E-state index contributed by atoms with van der Waals surface area (Å²) in [7, 11) is 2.76. The van der Waals surface area contributed by atoms with Crippen molar-refractivity contribution in [2.24, 2.45) is 10.6 Å². The van der Waals surface area contributed by atoms with Gasteiger partial charge in [0.15, 0.2) is 0 Å². The number of hydrogen-bond donors (Lipinski definition) is 2. The van der Waals surface area contributed by atoms with Crippen molar-refractivity contribution < 1.29 is 19.1 Å². The number of nitrogens with zero attached hydrogens (tertiary/aromatic N) is 2. The predicted octanol–water partition coefficient (Wildman–Crippen LogP) is 1.43. The number of nitrogens with one attached hydrogen (secondary N) is 2. The van der Waals surface area contributed by atoms with Gasteiger partial charge in [-0.1, -0.05) is 12.1 Å². The molecule has 0 fully saturated rings. The Bertz CT molecular complexity index is 807. The first-order valence-electron chi connectivity index (χ1n) is 7.17. The number of amides is 2. The first-order chi connectivity index (χ1) is 12.5. The average Bonchev–Trinajstić information content (AvgIpc) is 2.67. The van der Waals surface area contributed by atoms with Crippen molar-refractivity contribution in [3.63, 3.8) is 0 Å². The topological polar surface area (TPSA) is 136 Å². The summed E-state index contributed by atoms with van der Waals surface area (Å²) in [5.74, 6) is -0.937. The molecule has 136 valence electrons. The molecule has 0 saturated carbocycles. The molecule has 0 saturated heterocycles. The van der Waals surface area contributed by atoms with Crippen LogP contribution in [-0.4, -0.2) is 129 Å². The van der Waals surface area contributed by atoms with Crippen molar-refractivity contribution in [1.29, 1.82) is 0 Å². The molecule has 2 rings (SSSR count). The molecule has 0 aliphatic heterocycles. The van der Waals surface area contributed by atoms with E-state index in [0.29, 0.717) is 11.1 Å². The molecular formula is C16H14K2N4O6. The van der Waals surface area contributed by atoms with E-state index in [1.54, 1.807) is 35.1 Å². The number of nitroso groups, excluding NO2 is 2. The monoisotopic (exact) mass is 436 g/mol. The smallest absolute Gasteiger partial charge is 0.277 e. The number of hydrogen-bond acceptors (Lipinski definition) is 8. The van der Waals surface area contributed by atoms with Gasteiger partial charge in [-0.05, 0) is 35.4 Å². The van der Waals surface area contributed by atoms with Gasteiger partial charge in [-0.2, -0.15) is 0 Å². The first-order valence-corrected chi connectivity index (χ1v) is 7.17. The Morgan fingerprint density at radius 2 is 1.11 bits per heavy atom. The fraction of sp³-hybridized carbons (Fsp3) is 0.125. The molecule has 0 aliphatic carbocycles. The Labute approximate surface area is 245 Å². The Hall–Kier alpha value is -0.547. The molecule has 0 unspecified atom stereocenters. The van der Waals surface area contributed by atoms with Gasteiger partial charge >= 0.3 is 0 Å². The SMILES string of the molecule is COc1cc(-c2ccc(C(=O)NN=O)c(OC)c2)ccc1C(=O)NN=O.[K].[K]. The largest absolute Gasteiger partial charge is 0.496 e. The molecule has 0 atom stereocenters. The van der Waals surface area contributed by atoms with Gasteiger partial charge in [0.2, 0.25) is 0 Å². The molecule has 0 spiro atoms. The van der Waals surface area contributed by atoms with Crippen LogP contribution in [0.4, 0.5) is 0 Å². The Kier molecular flexibility index (Phi) is 13.4. The third kappa shape index (κ3) is 6.76. The number of methoxy groups -OCH3 is 2. The van der Waals surface area contributed by atoms with E-state index in [9.17, 15) is 19.4 Å². The molecule has 0 heterocycles. The third-order valence-corrected chi connectivity index (χ3v) is 3.52. The van der Waals surface area contributed by atoms with E-state index in [1.165, 1.54) is 26.4 Å². The molecule has 2 aromatic carbocycles. The molecule has 0 aromatic heterocycles. The van der Waals surface area contributed by atoms with Crippen molar-refractivity contribution in [1.82, 2.24) is 10.9 Å². The van der Waals surface area contributed by atoms with Crippen molar-refractivity contribution >= 4 is 115 Å². The Morgan fingerprint density at radius 1 is 0.750 bits per heavy atom. The van der Waals surface area contributed by atoms with Crippen molar-refractivity contribution in [2.45, 2.75) is 0 Å². The van der Waals surface area contributed by atoms with Crippen LogP contribution in [-0.2, 0) is 0 Å². The van der Waals surface area contributed by atoms with E-state index in [1.807, 2.05) is 0 Å². The zero-order chi connectivity index (χ0) is 19.1. The molecule has 12 heteroatoms. The Balaban J connectivity index is 0.00000364. The summed E-state index contributed by atoms with van der Waals surface area (Å²) in [6.45, 7) is 0. The van der Waals surface area contributed by atoms with Gasteiger partial charge in [-0.3, -0.25) is 9.59 Å². The second-order valence-electron chi connectivity index (χ2n) is 4.89. The maximum atomic E-state index is 11.8. The van der Waals surface area contributed by atoms with Crippen LogP contribution in [0.3, 0.4) is 0 Å². The predicted molar refractivity (Wildman–Crippen MR) is 103 cm³/mol.